The number of hydrogen-bond donors (Lipinski definition) is 2. The van der Waals surface area contributed by atoms with Gasteiger partial charge in [0.2, 0.25) is 5.91 Å². The maximum atomic E-state index is 12.2. The number of hydrogen-bond acceptors (Lipinski definition) is 3. The zero-order valence-corrected chi connectivity index (χ0v) is 11.4. The molecule has 1 aliphatic carbocycles. The molecular weight excluding hydrogens is 240 g/mol. The molecule has 1 aliphatic rings. The molecule has 1 unspecified atom stereocenters. The van der Waals surface area contributed by atoms with E-state index >= 15 is 0 Å². The standard InChI is InChI=1S/C15H22N2O2/c1-19-11-13(16)14(18)17-15(9-5-6-10-15)12-7-3-2-4-8-12/h2-4,7-8,13H,5-6,9-11,16H2,1H3,(H,17,18). The Bertz CT molecular complexity index is 413. The summed E-state index contributed by atoms with van der Waals surface area (Å²) in [4.78, 5) is 12.2. The summed E-state index contributed by atoms with van der Waals surface area (Å²) in [6, 6.07) is 9.56. The van der Waals surface area contributed by atoms with Gasteiger partial charge in [-0.05, 0) is 18.4 Å². The second-order valence-corrected chi connectivity index (χ2v) is 5.21. The third-order valence-electron chi connectivity index (χ3n) is 3.83. The van der Waals surface area contributed by atoms with Gasteiger partial charge in [-0.15, -0.1) is 0 Å². The fraction of sp³-hybridized carbons (Fsp3) is 0.533. The van der Waals surface area contributed by atoms with Crippen molar-refractivity contribution in [2.45, 2.75) is 37.3 Å². The van der Waals surface area contributed by atoms with Crippen LogP contribution in [0.2, 0.25) is 0 Å². The van der Waals surface area contributed by atoms with E-state index in [2.05, 4.69) is 17.4 Å². The molecule has 0 aliphatic heterocycles. The number of benzene rings is 1. The number of carbonyl (C=O) groups is 1. The van der Waals surface area contributed by atoms with Gasteiger partial charge in [-0.25, -0.2) is 0 Å². The van der Waals surface area contributed by atoms with E-state index in [9.17, 15) is 4.79 Å². The third kappa shape index (κ3) is 3.14. The van der Waals surface area contributed by atoms with Crippen molar-refractivity contribution in [3.63, 3.8) is 0 Å². The lowest BCUT2D eigenvalue weighted by Gasteiger charge is -2.32. The Labute approximate surface area is 114 Å². The van der Waals surface area contributed by atoms with Crippen LogP contribution in [0.1, 0.15) is 31.2 Å². The fourth-order valence-corrected chi connectivity index (χ4v) is 2.81. The Kier molecular flexibility index (Phi) is 4.56. The van der Waals surface area contributed by atoms with Gasteiger partial charge in [0.05, 0.1) is 12.1 Å². The summed E-state index contributed by atoms with van der Waals surface area (Å²) in [7, 11) is 1.55. The average Bonchev–Trinajstić information content (AvgIpc) is 2.90. The Morgan fingerprint density at radius 2 is 2.00 bits per heavy atom. The summed E-state index contributed by atoms with van der Waals surface area (Å²) in [6.07, 6.45) is 4.22. The first kappa shape index (κ1) is 14.0. The van der Waals surface area contributed by atoms with Gasteiger partial charge in [0.15, 0.2) is 0 Å². The van der Waals surface area contributed by atoms with E-state index in [1.165, 1.54) is 5.56 Å². The first-order valence-corrected chi connectivity index (χ1v) is 6.80. The van der Waals surface area contributed by atoms with E-state index < -0.39 is 6.04 Å². The highest BCUT2D eigenvalue weighted by molar-refractivity contribution is 5.82. The lowest BCUT2D eigenvalue weighted by Crippen LogP contribution is -2.51. The molecule has 0 bridgehead atoms. The van der Waals surface area contributed by atoms with Gasteiger partial charge in [-0.3, -0.25) is 4.79 Å². The highest BCUT2D eigenvalue weighted by Gasteiger charge is 2.37. The minimum Gasteiger partial charge on any atom is -0.383 e. The minimum atomic E-state index is -0.605. The molecule has 1 aromatic rings. The monoisotopic (exact) mass is 262 g/mol. The van der Waals surface area contributed by atoms with Crippen LogP contribution in [0.25, 0.3) is 0 Å². The molecule has 0 saturated heterocycles. The molecule has 1 saturated carbocycles. The summed E-state index contributed by atoms with van der Waals surface area (Å²) in [5, 5.41) is 3.15. The lowest BCUT2D eigenvalue weighted by atomic mass is 9.88. The highest BCUT2D eigenvalue weighted by Crippen LogP contribution is 2.38. The van der Waals surface area contributed by atoms with Crippen LogP contribution in [0, 0.1) is 0 Å². The number of nitrogens with one attached hydrogen (secondary N) is 1. The smallest absolute Gasteiger partial charge is 0.239 e. The number of methoxy groups -OCH3 is 1. The van der Waals surface area contributed by atoms with E-state index in [-0.39, 0.29) is 18.1 Å². The van der Waals surface area contributed by atoms with Crippen LogP contribution >= 0.6 is 0 Å². The Morgan fingerprint density at radius 3 is 2.58 bits per heavy atom. The molecule has 0 radical (unpaired) electrons. The molecule has 1 atom stereocenters. The van der Waals surface area contributed by atoms with E-state index in [0.717, 1.165) is 25.7 Å². The maximum absolute atomic E-state index is 12.2. The van der Waals surface area contributed by atoms with E-state index in [1.54, 1.807) is 7.11 Å². The quantitative estimate of drug-likeness (QED) is 0.846. The van der Waals surface area contributed by atoms with Gasteiger partial charge in [-0.1, -0.05) is 43.2 Å². The summed E-state index contributed by atoms with van der Waals surface area (Å²) in [5.74, 6) is -0.132. The molecule has 2 rings (SSSR count). The van der Waals surface area contributed by atoms with Crippen LogP contribution in [0.3, 0.4) is 0 Å². The number of amides is 1. The van der Waals surface area contributed by atoms with Crippen molar-refractivity contribution in [2.75, 3.05) is 13.7 Å². The zero-order valence-electron chi connectivity index (χ0n) is 11.4. The van der Waals surface area contributed by atoms with E-state index in [1.807, 2.05) is 18.2 Å². The maximum Gasteiger partial charge on any atom is 0.239 e. The van der Waals surface area contributed by atoms with E-state index in [4.69, 9.17) is 10.5 Å². The first-order valence-electron chi connectivity index (χ1n) is 6.80. The van der Waals surface area contributed by atoms with E-state index in [0.29, 0.717) is 0 Å². The Morgan fingerprint density at radius 1 is 1.37 bits per heavy atom. The first-order chi connectivity index (χ1) is 9.18. The van der Waals surface area contributed by atoms with Gasteiger partial charge in [0, 0.05) is 7.11 Å². The molecule has 0 aromatic heterocycles. The summed E-state index contributed by atoms with van der Waals surface area (Å²) in [6.45, 7) is 0.247. The van der Waals surface area contributed by atoms with Gasteiger partial charge in [0.25, 0.3) is 0 Å². The van der Waals surface area contributed by atoms with Gasteiger partial charge in [0.1, 0.15) is 6.04 Å². The van der Waals surface area contributed by atoms with Crippen molar-refractivity contribution in [2.24, 2.45) is 5.73 Å². The molecule has 0 spiro atoms. The van der Waals surface area contributed by atoms with Crippen molar-refractivity contribution < 1.29 is 9.53 Å². The molecule has 4 nitrogen and oxygen atoms in total. The van der Waals surface area contributed by atoms with Crippen molar-refractivity contribution >= 4 is 5.91 Å². The van der Waals surface area contributed by atoms with Crippen molar-refractivity contribution in [3.05, 3.63) is 35.9 Å². The van der Waals surface area contributed by atoms with Crippen LogP contribution in [0.4, 0.5) is 0 Å². The molecule has 4 heteroatoms. The second-order valence-electron chi connectivity index (χ2n) is 5.21. The summed E-state index contributed by atoms with van der Waals surface area (Å²) >= 11 is 0. The topological polar surface area (TPSA) is 64.3 Å². The van der Waals surface area contributed by atoms with Gasteiger partial charge >= 0.3 is 0 Å². The fourth-order valence-electron chi connectivity index (χ4n) is 2.81. The van der Waals surface area contributed by atoms with Crippen LogP contribution < -0.4 is 11.1 Å². The Balaban J connectivity index is 2.15. The number of nitrogens with two attached hydrogens (primary N) is 1. The Hall–Kier alpha value is -1.39. The normalized spacial score (nSPS) is 19.1. The summed E-state index contributed by atoms with van der Waals surface area (Å²) < 4.78 is 4.94. The highest BCUT2D eigenvalue weighted by atomic mass is 16.5. The minimum absolute atomic E-state index is 0.132. The zero-order chi connectivity index (χ0) is 13.7. The van der Waals surface area contributed by atoms with Crippen molar-refractivity contribution in [1.29, 1.82) is 0 Å². The second kappa shape index (κ2) is 6.17. The third-order valence-corrected chi connectivity index (χ3v) is 3.83. The molecule has 19 heavy (non-hydrogen) atoms. The lowest BCUT2D eigenvalue weighted by molar-refractivity contribution is -0.125. The van der Waals surface area contributed by atoms with Crippen molar-refractivity contribution in [3.8, 4) is 0 Å². The van der Waals surface area contributed by atoms with Crippen LogP contribution in [0.15, 0.2) is 30.3 Å². The molecule has 0 heterocycles. The largest absolute Gasteiger partial charge is 0.383 e. The predicted octanol–water partition coefficient (Wildman–Crippen LogP) is 1.55. The van der Waals surface area contributed by atoms with Crippen LogP contribution in [-0.4, -0.2) is 25.7 Å². The van der Waals surface area contributed by atoms with Crippen molar-refractivity contribution in [1.82, 2.24) is 5.32 Å². The molecular formula is C15H22N2O2. The van der Waals surface area contributed by atoms with Crippen LogP contribution in [0.5, 0.6) is 0 Å². The van der Waals surface area contributed by atoms with Gasteiger partial charge < -0.3 is 15.8 Å². The molecule has 1 fully saturated rings. The number of carbonyl (C=O) groups excluding carboxylic acids is 1. The number of rotatable bonds is 5. The molecule has 3 N–H and O–H groups in total. The van der Waals surface area contributed by atoms with Crippen LogP contribution in [-0.2, 0) is 15.1 Å². The average molecular weight is 262 g/mol. The number of ether oxygens (including phenoxy) is 1. The van der Waals surface area contributed by atoms with Gasteiger partial charge in [-0.2, -0.15) is 0 Å². The SMILES string of the molecule is COCC(N)C(=O)NC1(c2ccccc2)CCCC1. The molecule has 1 amide bonds. The predicted molar refractivity (Wildman–Crippen MR) is 74.6 cm³/mol. The molecule has 1 aromatic carbocycles. The molecule has 104 valence electrons. The summed E-state index contributed by atoms with van der Waals surface area (Å²) in [5.41, 5.74) is 6.73.